The van der Waals surface area contributed by atoms with Crippen molar-refractivity contribution in [3.8, 4) is 0 Å². The van der Waals surface area contributed by atoms with Crippen molar-refractivity contribution in [1.82, 2.24) is 9.80 Å². The number of carbonyl (C=O) groups excluding carboxylic acids is 2. The van der Waals surface area contributed by atoms with Gasteiger partial charge in [0.2, 0.25) is 22.3 Å². The largest absolute Gasteiger partial charge is 0.342 e. The fraction of sp³-hybridized carbons (Fsp3) is 0.529. The number of nitrogens with zero attached hydrogens (tertiary/aromatic N) is 3. The first-order chi connectivity index (χ1) is 11.7. The van der Waals surface area contributed by atoms with Crippen LogP contribution in [0, 0.1) is 13.8 Å². The number of rotatable bonds is 6. The molecule has 1 aromatic rings. The summed E-state index contributed by atoms with van der Waals surface area (Å²) in [5.41, 5.74) is 2.53. The van der Waals surface area contributed by atoms with Crippen molar-refractivity contribution in [3.63, 3.8) is 0 Å². The average Bonchev–Trinajstić information content (AvgIpc) is 2.52. The van der Waals surface area contributed by atoms with Gasteiger partial charge < -0.3 is 9.80 Å². The molecule has 1 aliphatic rings. The van der Waals surface area contributed by atoms with E-state index in [1.54, 1.807) is 21.9 Å². The van der Waals surface area contributed by atoms with E-state index in [9.17, 15) is 18.0 Å². The maximum Gasteiger partial charge on any atom is 0.232 e. The molecule has 1 saturated heterocycles. The molecule has 0 atom stereocenters. The van der Waals surface area contributed by atoms with Gasteiger partial charge in [-0.25, -0.2) is 8.42 Å². The maximum absolute atomic E-state index is 12.4. The van der Waals surface area contributed by atoms with Crippen LogP contribution in [0.25, 0.3) is 0 Å². The highest BCUT2D eigenvalue weighted by atomic mass is 32.2. The Morgan fingerprint density at radius 3 is 2.16 bits per heavy atom. The summed E-state index contributed by atoms with van der Waals surface area (Å²) in [6.45, 7) is 5.93. The van der Waals surface area contributed by atoms with Crippen molar-refractivity contribution in [2.75, 3.05) is 43.3 Å². The van der Waals surface area contributed by atoms with Gasteiger partial charge in [0.25, 0.3) is 0 Å². The molecule has 0 aromatic heterocycles. The highest BCUT2D eigenvalue weighted by molar-refractivity contribution is 7.92. The number of anilines is 1. The average molecular weight is 367 g/mol. The molecule has 2 rings (SSSR count). The molecule has 0 bridgehead atoms. The van der Waals surface area contributed by atoms with Gasteiger partial charge in [0, 0.05) is 39.1 Å². The molecule has 1 aromatic carbocycles. The Balaban J connectivity index is 2.06. The summed E-state index contributed by atoms with van der Waals surface area (Å²) in [4.78, 5) is 26.4. The zero-order chi connectivity index (χ0) is 18.6. The van der Waals surface area contributed by atoms with Crippen LogP contribution in [0.5, 0.6) is 0 Å². The second-order valence-electron chi connectivity index (χ2n) is 6.45. The lowest BCUT2D eigenvalue weighted by Gasteiger charge is -2.33. The summed E-state index contributed by atoms with van der Waals surface area (Å²) >= 11 is 0. The molecule has 25 heavy (non-hydrogen) atoms. The van der Waals surface area contributed by atoms with E-state index in [4.69, 9.17) is 0 Å². The molecule has 0 radical (unpaired) electrons. The van der Waals surface area contributed by atoms with Crippen molar-refractivity contribution in [3.05, 3.63) is 29.3 Å². The van der Waals surface area contributed by atoms with E-state index in [1.807, 2.05) is 19.9 Å². The number of benzene rings is 1. The predicted molar refractivity (Wildman–Crippen MR) is 96.9 cm³/mol. The van der Waals surface area contributed by atoms with Crippen LogP contribution < -0.4 is 4.31 Å². The van der Waals surface area contributed by atoms with Crippen LogP contribution in [0.15, 0.2) is 18.2 Å². The first-order valence-corrected chi connectivity index (χ1v) is 10.1. The van der Waals surface area contributed by atoms with Crippen molar-refractivity contribution in [1.29, 1.82) is 0 Å². The normalized spacial score (nSPS) is 15.2. The molecule has 0 unspecified atom stereocenters. The second-order valence-corrected chi connectivity index (χ2v) is 8.36. The Hall–Kier alpha value is -2.09. The number of hydrogen-bond donors (Lipinski definition) is 0. The number of amides is 2. The fourth-order valence-corrected chi connectivity index (χ4v) is 3.92. The molecule has 1 heterocycles. The lowest BCUT2D eigenvalue weighted by molar-refractivity contribution is -0.134. The number of piperazine rings is 1. The van der Waals surface area contributed by atoms with Crippen molar-refractivity contribution in [2.45, 2.75) is 20.3 Å². The zero-order valence-corrected chi connectivity index (χ0v) is 15.8. The smallest absolute Gasteiger partial charge is 0.232 e. The number of aryl methyl sites for hydroxylation is 2. The van der Waals surface area contributed by atoms with Crippen LogP contribution in [0.1, 0.15) is 17.5 Å². The Morgan fingerprint density at radius 1 is 1.12 bits per heavy atom. The van der Waals surface area contributed by atoms with E-state index in [1.165, 1.54) is 4.31 Å². The quantitative estimate of drug-likeness (QED) is 0.696. The number of hydrogen-bond acceptors (Lipinski definition) is 4. The van der Waals surface area contributed by atoms with Gasteiger partial charge in [-0.3, -0.25) is 13.9 Å². The monoisotopic (exact) mass is 367 g/mol. The molecule has 0 saturated carbocycles. The lowest BCUT2D eigenvalue weighted by atomic mass is 10.1. The van der Waals surface area contributed by atoms with Crippen molar-refractivity contribution >= 4 is 28.0 Å². The second kappa shape index (κ2) is 7.86. The Morgan fingerprint density at radius 2 is 1.68 bits per heavy atom. The molecule has 7 nitrogen and oxygen atoms in total. The topological polar surface area (TPSA) is 78.0 Å². The maximum atomic E-state index is 12.4. The van der Waals surface area contributed by atoms with Gasteiger partial charge in [-0.05, 0) is 37.1 Å². The van der Waals surface area contributed by atoms with Crippen LogP contribution in [-0.4, -0.2) is 69.5 Å². The third-order valence-electron chi connectivity index (χ3n) is 4.24. The van der Waals surface area contributed by atoms with Crippen LogP contribution in [0.2, 0.25) is 0 Å². The third kappa shape index (κ3) is 5.19. The van der Waals surface area contributed by atoms with Gasteiger partial charge in [-0.1, -0.05) is 6.07 Å². The summed E-state index contributed by atoms with van der Waals surface area (Å²) in [5.74, 6) is -0.0939. The fourth-order valence-electron chi connectivity index (χ4n) is 3.01. The van der Waals surface area contributed by atoms with Gasteiger partial charge in [0.15, 0.2) is 0 Å². The van der Waals surface area contributed by atoms with E-state index in [0.29, 0.717) is 31.9 Å². The van der Waals surface area contributed by atoms with E-state index in [2.05, 4.69) is 0 Å². The molecule has 138 valence electrons. The minimum absolute atomic E-state index is 0.0939. The summed E-state index contributed by atoms with van der Waals surface area (Å²) in [5, 5.41) is 0. The molecule has 8 heteroatoms. The molecule has 1 aliphatic heterocycles. The first-order valence-electron chi connectivity index (χ1n) is 8.24. The number of carbonyl (C=O) groups is 2. The zero-order valence-electron chi connectivity index (χ0n) is 14.9. The molecule has 0 aliphatic carbocycles. The van der Waals surface area contributed by atoms with E-state index >= 15 is 0 Å². The van der Waals surface area contributed by atoms with Crippen LogP contribution in [0.3, 0.4) is 0 Å². The van der Waals surface area contributed by atoms with Gasteiger partial charge in [0.1, 0.15) is 0 Å². The molecule has 0 spiro atoms. The molecule has 1 fully saturated rings. The summed E-state index contributed by atoms with van der Waals surface area (Å²) in [6.07, 6.45) is 2.05. The van der Waals surface area contributed by atoms with E-state index < -0.39 is 10.0 Å². The van der Waals surface area contributed by atoms with Gasteiger partial charge in [0.05, 0.1) is 11.9 Å². The lowest BCUT2D eigenvalue weighted by Crippen LogP contribution is -2.48. The first kappa shape index (κ1) is 19.2. The van der Waals surface area contributed by atoms with Crippen LogP contribution >= 0.6 is 0 Å². The number of sulfonamides is 1. The van der Waals surface area contributed by atoms with Crippen LogP contribution in [0.4, 0.5) is 5.69 Å². The summed E-state index contributed by atoms with van der Waals surface area (Å²) in [7, 11) is -3.48. The Labute approximate surface area is 149 Å². The van der Waals surface area contributed by atoms with Crippen LogP contribution in [-0.2, 0) is 19.6 Å². The highest BCUT2D eigenvalue weighted by Crippen LogP contribution is 2.21. The van der Waals surface area contributed by atoms with Crippen molar-refractivity contribution < 1.29 is 18.0 Å². The Kier molecular flexibility index (Phi) is 6.05. The minimum atomic E-state index is -3.48. The van der Waals surface area contributed by atoms with E-state index in [-0.39, 0.29) is 18.9 Å². The molecular formula is C17H25N3O4S. The van der Waals surface area contributed by atoms with Gasteiger partial charge in [-0.2, -0.15) is 0 Å². The van der Waals surface area contributed by atoms with Crippen molar-refractivity contribution in [2.24, 2.45) is 0 Å². The molecular weight excluding hydrogens is 342 g/mol. The molecule has 0 N–H and O–H groups in total. The summed E-state index contributed by atoms with van der Waals surface area (Å²) < 4.78 is 25.6. The predicted octanol–water partition coefficient (Wildman–Crippen LogP) is 0.760. The standard InChI is InChI=1S/C17H25N3O4S/c1-14-10-15(2)12-16(11-14)20(25(3,23)24)5-4-17(22)19-8-6-18(13-21)7-9-19/h10-13H,4-9H2,1-3H3. The van der Waals surface area contributed by atoms with Gasteiger partial charge in [-0.15, -0.1) is 0 Å². The van der Waals surface area contributed by atoms with E-state index in [0.717, 1.165) is 23.8 Å². The van der Waals surface area contributed by atoms with Gasteiger partial charge >= 0.3 is 0 Å². The Bertz CT molecular complexity index is 720. The third-order valence-corrected chi connectivity index (χ3v) is 5.43. The highest BCUT2D eigenvalue weighted by Gasteiger charge is 2.23. The summed E-state index contributed by atoms with van der Waals surface area (Å²) in [6, 6.07) is 5.59. The minimum Gasteiger partial charge on any atom is -0.342 e. The molecule has 2 amide bonds. The SMILES string of the molecule is Cc1cc(C)cc(N(CCC(=O)N2CCN(C=O)CC2)S(C)(=O)=O)c1.